The van der Waals surface area contributed by atoms with E-state index in [2.05, 4.69) is 21.6 Å². The number of hydrazone groups is 1. The molecular weight excluding hydrogens is 371 g/mol. The van der Waals surface area contributed by atoms with Gasteiger partial charge in [0.05, 0.1) is 11.4 Å². The van der Waals surface area contributed by atoms with Crippen LogP contribution in [-0.2, 0) is 6.42 Å². The van der Waals surface area contributed by atoms with E-state index in [1.807, 2.05) is 18.2 Å². The number of nitrogens with zero attached hydrogens (tertiary/aromatic N) is 1. The number of nitrogens with two attached hydrogens (primary N) is 1. The van der Waals surface area contributed by atoms with Gasteiger partial charge >= 0.3 is 5.91 Å². The van der Waals surface area contributed by atoms with Crippen LogP contribution in [0.3, 0.4) is 0 Å². The Morgan fingerprint density at radius 1 is 1.17 bits per heavy atom. The molecule has 124 valence electrons. The number of aromatic nitrogens is 1. The van der Waals surface area contributed by atoms with Crippen molar-refractivity contribution < 1.29 is 9.78 Å². The molecule has 3 rings (SSSR count). The maximum atomic E-state index is 12.3. The fourth-order valence-corrected chi connectivity index (χ4v) is 3.23. The minimum atomic E-state index is -0.541. The van der Waals surface area contributed by atoms with Crippen molar-refractivity contribution in [1.29, 1.82) is 0 Å². The van der Waals surface area contributed by atoms with Gasteiger partial charge in [-0.2, -0.15) is 10.1 Å². The quantitative estimate of drug-likeness (QED) is 0.613. The molecule has 0 aliphatic heterocycles. The van der Waals surface area contributed by atoms with Gasteiger partial charge in [0.2, 0.25) is 0 Å². The first-order valence-corrected chi connectivity index (χ1v) is 8.43. The van der Waals surface area contributed by atoms with E-state index in [4.69, 9.17) is 40.5 Å². The van der Waals surface area contributed by atoms with Crippen LogP contribution in [0, 0.1) is 0 Å². The van der Waals surface area contributed by atoms with Gasteiger partial charge in [0, 0.05) is 5.56 Å². The molecule has 1 aliphatic carbocycles. The number of H-pyrrole nitrogens is 1. The van der Waals surface area contributed by atoms with Crippen molar-refractivity contribution in [2.45, 2.75) is 19.3 Å². The molecule has 0 atom stereocenters. The van der Waals surface area contributed by atoms with Crippen LogP contribution in [0.5, 0.6) is 0 Å². The zero-order chi connectivity index (χ0) is 17.3. The lowest BCUT2D eigenvalue weighted by Crippen LogP contribution is -2.29. The summed E-state index contributed by atoms with van der Waals surface area (Å²) >= 11 is 17.9. The number of benzene rings is 1. The fraction of sp³-hybridized carbons (Fsp3) is 0.188. The maximum absolute atomic E-state index is 12.3. The number of halogens is 3. The molecule has 0 saturated heterocycles. The first kappa shape index (κ1) is 17.0. The van der Waals surface area contributed by atoms with E-state index in [0.717, 1.165) is 30.5 Å². The highest BCUT2D eigenvalue weighted by Crippen LogP contribution is 2.32. The van der Waals surface area contributed by atoms with Crippen LogP contribution in [0.15, 0.2) is 29.4 Å². The third kappa shape index (κ3) is 3.20. The Labute approximate surface area is 153 Å². The van der Waals surface area contributed by atoms with Gasteiger partial charge in [-0.05, 0) is 36.4 Å². The molecule has 4 N–H and O–H groups in total. The number of hydrogen-bond acceptors (Lipinski definition) is 3. The lowest BCUT2D eigenvalue weighted by atomic mass is 9.90. The Balaban J connectivity index is 1.87. The summed E-state index contributed by atoms with van der Waals surface area (Å²) in [5, 5.41) is 4.37. The smallest absolute Gasteiger partial charge is 0.337 e. The van der Waals surface area contributed by atoms with Gasteiger partial charge in [-0.25, -0.2) is 5.43 Å². The zero-order valence-electron chi connectivity index (χ0n) is 12.5. The topological polar surface area (TPSA) is 81.6 Å². The van der Waals surface area contributed by atoms with Gasteiger partial charge in [0.1, 0.15) is 10.0 Å². The predicted octanol–water partition coefficient (Wildman–Crippen LogP) is 3.51. The van der Waals surface area contributed by atoms with E-state index < -0.39 is 5.91 Å². The minimum absolute atomic E-state index is 0.00569. The molecule has 1 heterocycles. The number of fused-ring (bicyclic) bond motifs is 1. The summed E-state index contributed by atoms with van der Waals surface area (Å²) in [4.78, 5) is 15.0. The molecule has 1 amide bonds. The number of pyridine rings is 1. The molecule has 0 saturated carbocycles. The number of amides is 1. The summed E-state index contributed by atoms with van der Waals surface area (Å²) in [6, 6.07) is 8.01. The number of anilines is 1. The maximum Gasteiger partial charge on any atom is 0.337 e. The van der Waals surface area contributed by atoms with Crippen LogP contribution in [0.4, 0.5) is 5.69 Å². The number of nitrogen functional groups attached to an aromatic ring is 1. The van der Waals surface area contributed by atoms with Crippen LogP contribution in [-0.4, -0.2) is 11.6 Å². The Morgan fingerprint density at radius 2 is 1.92 bits per heavy atom. The molecule has 0 radical (unpaired) electrons. The molecule has 1 aliphatic rings. The van der Waals surface area contributed by atoms with Crippen LogP contribution in [0.2, 0.25) is 15.2 Å². The average Bonchev–Trinajstić information content (AvgIpc) is 2.60. The highest BCUT2D eigenvalue weighted by molar-refractivity contribution is 6.45. The lowest BCUT2D eigenvalue weighted by molar-refractivity contribution is -0.379. The van der Waals surface area contributed by atoms with Crippen molar-refractivity contribution in [2.75, 3.05) is 5.73 Å². The van der Waals surface area contributed by atoms with Gasteiger partial charge in [-0.3, -0.25) is 4.79 Å². The number of carbonyl (C=O) groups excluding carboxylic acids is 1. The summed E-state index contributed by atoms with van der Waals surface area (Å²) in [6.45, 7) is 0. The van der Waals surface area contributed by atoms with Gasteiger partial charge in [0.25, 0.3) is 10.8 Å². The molecule has 0 fully saturated rings. The largest absolute Gasteiger partial charge is 0.396 e. The molecule has 0 unspecified atom stereocenters. The second-order valence-corrected chi connectivity index (χ2v) is 6.50. The average molecular weight is 385 g/mol. The minimum Gasteiger partial charge on any atom is -0.396 e. The van der Waals surface area contributed by atoms with E-state index >= 15 is 0 Å². The van der Waals surface area contributed by atoms with E-state index in [1.165, 1.54) is 5.56 Å². The van der Waals surface area contributed by atoms with Crippen LogP contribution in [0.1, 0.15) is 34.5 Å². The van der Waals surface area contributed by atoms with Crippen LogP contribution in [0.25, 0.3) is 0 Å². The van der Waals surface area contributed by atoms with E-state index in [0.29, 0.717) is 0 Å². The summed E-state index contributed by atoms with van der Waals surface area (Å²) in [7, 11) is 0. The van der Waals surface area contributed by atoms with Crippen molar-refractivity contribution in [1.82, 2.24) is 5.43 Å². The molecule has 1 aromatic carbocycles. The number of hydrogen-bond donors (Lipinski definition) is 2. The van der Waals surface area contributed by atoms with Gasteiger partial charge in [-0.15, -0.1) is 0 Å². The second-order valence-electron chi connectivity index (χ2n) is 5.37. The second kappa shape index (κ2) is 6.97. The molecule has 1 aromatic heterocycles. The number of rotatable bonds is 2. The Hall–Kier alpha value is -1.82. The monoisotopic (exact) mass is 383 g/mol. The van der Waals surface area contributed by atoms with Crippen molar-refractivity contribution in [3.05, 3.63) is 56.3 Å². The highest BCUT2D eigenvalue weighted by Gasteiger charge is 2.26. The van der Waals surface area contributed by atoms with Crippen LogP contribution >= 0.6 is 34.8 Å². The van der Waals surface area contributed by atoms with Crippen LogP contribution < -0.4 is 16.1 Å². The number of aryl methyl sites for hydroxylation is 1. The zero-order valence-corrected chi connectivity index (χ0v) is 14.8. The molecule has 2 aromatic rings. The third-order valence-electron chi connectivity index (χ3n) is 3.83. The van der Waals surface area contributed by atoms with E-state index in [1.54, 1.807) is 0 Å². The number of aromatic amines is 1. The van der Waals surface area contributed by atoms with Crippen molar-refractivity contribution in [3.63, 3.8) is 0 Å². The SMILES string of the molecule is Nc1c(Cl)c(Cl)[nH+]c(C(=O)N/N=C2/CCCc3ccccc32)c1Cl. The number of carbonyl (C=O) groups is 1. The van der Waals surface area contributed by atoms with Crippen molar-refractivity contribution in [3.8, 4) is 0 Å². The number of nitrogens with one attached hydrogen (secondary N) is 2. The fourth-order valence-electron chi connectivity index (χ4n) is 2.62. The summed E-state index contributed by atoms with van der Waals surface area (Å²) in [6.07, 6.45) is 2.78. The lowest BCUT2D eigenvalue weighted by Gasteiger charge is -2.17. The standard InChI is InChI=1S/C16H13Cl3N4O/c17-11-13(20)12(18)15(19)21-14(11)16(24)23-22-10-7-3-5-8-4-1-2-6-9(8)10/h1-2,4,6H,3,5,7H2,(H2,20,21)(H,23,24)/p+1/b22-10-. The van der Waals surface area contributed by atoms with E-state index in [9.17, 15) is 4.79 Å². The first-order valence-electron chi connectivity index (χ1n) is 7.29. The Kier molecular flexibility index (Phi) is 4.94. The van der Waals surface area contributed by atoms with E-state index in [-0.39, 0.29) is 26.6 Å². The Bertz CT molecular complexity index is 851. The molecule has 0 bridgehead atoms. The first-order chi connectivity index (χ1) is 11.5. The van der Waals surface area contributed by atoms with Gasteiger partial charge in [-0.1, -0.05) is 47.5 Å². The molecule has 24 heavy (non-hydrogen) atoms. The highest BCUT2D eigenvalue weighted by atomic mass is 35.5. The van der Waals surface area contributed by atoms with Gasteiger partial charge in [0.15, 0.2) is 0 Å². The van der Waals surface area contributed by atoms with Crippen molar-refractivity contribution in [2.24, 2.45) is 5.10 Å². The molecular formula is C16H14Cl3N4O+. The normalized spacial score (nSPS) is 15.2. The van der Waals surface area contributed by atoms with Gasteiger partial charge < -0.3 is 5.73 Å². The van der Waals surface area contributed by atoms with Crippen molar-refractivity contribution >= 4 is 52.1 Å². The third-order valence-corrected chi connectivity index (χ3v) is 4.99. The summed E-state index contributed by atoms with van der Waals surface area (Å²) < 4.78 is 0. The Morgan fingerprint density at radius 3 is 2.71 bits per heavy atom. The summed E-state index contributed by atoms with van der Waals surface area (Å²) in [5.41, 5.74) is 11.4. The predicted molar refractivity (Wildman–Crippen MR) is 95.8 cm³/mol. The summed E-state index contributed by atoms with van der Waals surface area (Å²) in [5.74, 6) is -0.541. The molecule has 0 spiro atoms. The molecule has 8 heteroatoms. The molecule has 5 nitrogen and oxygen atoms in total.